The monoisotopic (exact) mass is 408 g/mol. The van der Waals surface area contributed by atoms with Crippen molar-refractivity contribution in [3.63, 3.8) is 0 Å². The number of carbonyl (C=O) groups excluding carboxylic acids is 1. The molecule has 1 fully saturated rings. The summed E-state index contributed by atoms with van der Waals surface area (Å²) in [6.07, 6.45) is 3.72. The van der Waals surface area contributed by atoms with Gasteiger partial charge >= 0.3 is 0 Å². The molecule has 2 N–H and O–H groups in total. The molecule has 1 aliphatic rings. The lowest BCUT2D eigenvalue weighted by atomic mass is 9.90. The molecule has 142 valence electrons. The fraction of sp³-hybridized carbons (Fsp3) is 0.333. The lowest BCUT2D eigenvalue weighted by Gasteiger charge is -2.33. The highest BCUT2D eigenvalue weighted by Crippen LogP contribution is 2.30. The zero-order valence-corrected chi connectivity index (χ0v) is 15.9. The molecule has 1 aliphatic heterocycles. The van der Waals surface area contributed by atoms with Crippen LogP contribution in [0.15, 0.2) is 30.5 Å². The summed E-state index contributed by atoms with van der Waals surface area (Å²) in [7, 11) is 0. The molecular formula is C18H18Cl2N4O3. The van der Waals surface area contributed by atoms with Crippen LogP contribution in [0.3, 0.4) is 0 Å². The number of primary amides is 1. The van der Waals surface area contributed by atoms with Crippen molar-refractivity contribution in [3.05, 3.63) is 61.7 Å². The number of benzene rings is 1. The quantitative estimate of drug-likeness (QED) is 0.597. The van der Waals surface area contributed by atoms with E-state index in [9.17, 15) is 14.9 Å². The van der Waals surface area contributed by atoms with Gasteiger partial charge in [-0.25, -0.2) is 4.98 Å². The zero-order chi connectivity index (χ0) is 19.6. The maximum atomic E-state index is 11.7. The number of nitro groups is 1. The molecule has 2 heterocycles. The zero-order valence-electron chi connectivity index (χ0n) is 14.4. The summed E-state index contributed by atoms with van der Waals surface area (Å²) in [5, 5.41) is 12.3. The van der Waals surface area contributed by atoms with Crippen LogP contribution in [0, 0.1) is 16.0 Å². The molecule has 3 rings (SSSR count). The summed E-state index contributed by atoms with van der Waals surface area (Å²) in [6.45, 7) is 1.35. The van der Waals surface area contributed by atoms with Crippen molar-refractivity contribution in [1.29, 1.82) is 0 Å². The summed E-state index contributed by atoms with van der Waals surface area (Å²) in [6, 6.07) is 6.64. The summed E-state index contributed by atoms with van der Waals surface area (Å²) in [5.41, 5.74) is 6.24. The van der Waals surface area contributed by atoms with Gasteiger partial charge < -0.3 is 10.6 Å². The number of aromatic nitrogens is 1. The number of rotatable bonds is 5. The van der Waals surface area contributed by atoms with Gasteiger partial charge in [0, 0.05) is 29.2 Å². The van der Waals surface area contributed by atoms with Crippen LogP contribution in [0.4, 0.5) is 11.5 Å². The van der Waals surface area contributed by atoms with E-state index in [-0.39, 0.29) is 11.3 Å². The Bertz CT molecular complexity index is 883. The third-order valence-corrected chi connectivity index (χ3v) is 5.36. The number of carbonyl (C=O) groups is 1. The number of hydrogen-bond donors (Lipinski definition) is 1. The van der Waals surface area contributed by atoms with Gasteiger partial charge in [-0.15, -0.1) is 0 Å². The van der Waals surface area contributed by atoms with Crippen LogP contribution in [0.1, 0.15) is 28.8 Å². The fourth-order valence-corrected chi connectivity index (χ4v) is 3.73. The molecule has 1 aromatic carbocycles. The lowest BCUT2D eigenvalue weighted by molar-refractivity contribution is -0.385. The highest BCUT2D eigenvalue weighted by molar-refractivity contribution is 6.33. The van der Waals surface area contributed by atoms with E-state index >= 15 is 0 Å². The molecule has 2 aromatic rings. The number of nitrogens with two attached hydrogens (primary N) is 1. The van der Waals surface area contributed by atoms with Crippen LogP contribution < -0.4 is 10.6 Å². The fourth-order valence-electron chi connectivity index (χ4n) is 3.34. The first-order chi connectivity index (χ1) is 12.8. The minimum atomic E-state index is -0.728. The van der Waals surface area contributed by atoms with Crippen molar-refractivity contribution in [2.24, 2.45) is 11.7 Å². The number of halogens is 2. The van der Waals surface area contributed by atoms with Gasteiger partial charge in [-0.2, -0.15) is 0 Å². The molecule has 0 saturated carbocycles. The van der Waals surface area contributed by atoms with Crippen LogP contribution in [-0.2, 0) is 6.42 Å². The summed E-state index contributed by atoms with van der Waals surface area (Å²) >= 11 is 12.3. The number of amides is 1. The number of anilines is 1. The molecule has 0 atom stereocenters. The predicted molar refractivity (Wildman–Crippen MR) is 105 cm³/mol. The number of nitrogens with zero attached hydrogens (tertiary/aromatic N) is 3. The predicted octanol–water partition coefficient (Wildman–Crippen LogP) is 3.85. The Hall–Kier alpha value is -2.38. The molecule has 0 unspecified atom stereocenters. The van der Waals surface area contributed by atoms with E-state index < -0.39 is 10.8 Å². The minimum Gasteiger partial charge on any atom is -0.365 e. The number of pyridine rings is 1. The third kappa shape index (κ3) is 4.48. The first-order valence-electron chi connectivity index (χ1n) is 8.48. The number of hydrogen-bond acceptors (Lipinski definition) is 5. The van der Waals surface area contributed by atoms with Crippen molar-refractivity contribution in [3.8, 4) is 0 Å². The van der Waals surface area contributed by atoms with E-state index in [1.165, 1.54) is 6.07 Å². The maximum absolute atomic E-state index is 11.7. The molecule has 0 spiro atoms. The molecule has 0 bridgehead atoms. The molecule has 27 heavy (non-hydrogen) atoms. The van der Waals surface area contributed by atoms with Crippen LogP contribution in [-0.4, -0.2) is 28.9 Å². The molecule has 0 radical (unpaired) electrons. The molecule has 9 heteroatoms. The van der Waals surface area contributed by atoms with E-state index in [1.54, 1.807) is 12.1 Å². The standard InChI is InChI=1S/C18H18Cl2N4O3/c19-13-1-2-16(20)12(8-13)7-11-3-5-23(6-4-11)18-15(17(21)25)9-14(10-22-18)24(26)27/h1-2,8-11H,3-7H2,(H2,21,25). The first-order valence-corrected chi connectivity index (χ1v) is 9.24. The van der Waals surface area contributed by atoms with Gasteiger partial charge in [0.15, 0.2) is 0 Å². The van der Waals surface area contributed by atoms with Crippen LogP contribution in [0.5, 0.6) is 0 Å². The van der Waals surface area contributed by atoms with Crippen molar-refractivity contribution in [1.82, 2.24) is 4.98 Å². The van der Waals surface area contributed by atoms with Gasteiger partial charge in [-0.1, -0.05) is 23.2 Å². The Balaban J connectivity index is 1.71. The van der Waals surface area contributed by atoms with Gasteiger partial charge in [0.2, 0.25) is 0 Å². The second-order valence-electron chi connectivity index (χ2n) is 6.56. The minimum absolute atomic E-state index is 0.0699. The molecular weight excluding hydrogens is 391 g/mol. The smallest absolute Gasteiger partial charge is 0.288 e. The van der Waals surface area contributed by atoms with Gasteiger partial charge in [-0.3, -0.25) is 14.9 Å². The van der Waals surface area contributed by atoms with Crippen LogP contribution >= 0.6 is 23.2 Å². The second-order valence-corrected chi connectivity index (χ2v) is 7.40. The van der Waals surface area contributed by atoms with Crippen molar-refractivity contribution >= 4 is 40.6 Å². The molecule has 0 aliphatic carbocycles. The van der Waals surface area contributed by atoms with Crippen molar-refractivity contribution in [2.45, 2.75) is 19.3 Å². The highest BCUT2D eigenvalue weighted by Gasteiger charge is 2.25. The Morgan fingerprint density at radius 1 is 1.30 bits per heavy atom. The Morgan fingerprint density at radius 2 is 2.00 bits per heavy atom. The Labute approximate surface area is 166 Å². The van der Waals surface area contributed by atoms with E-state index in [4.69, 9.17) is 28.9 Å². The van der Waals surface area contributed by atoms with E-state index in [1.807, 2.05) is 11.0 Å². The van der Waals surface area contributed by atoms with E-state index in [0.29, 0.717) is 34.9 Å². The SMILES string of the molecule is NC(=O)c1cc([N+](=O)[O-])cnc1N1CCC(Cc2cc(Cl)ccc2Cl)CC1. The largest absolute Gasteiger partial charge is 0.365 e. The summed E-state index contributed by atoms with van der Waals surface area (Å²) in [4.78, 5) is 28.1. The van der Waals surface area contributed by atoms with Crippen LogP contribution in [0.25, 0.3) is 0 Å². The number of piperidine rings is 1. The Morgan fingerprint density at radius 3 is 2.63 bits per heavy atom. The summed E-state index contributed by atoms with van der Waals surface area (Å²) < 4.78 is 0. The Kier molecular flexibility index (Phi) is 5.82. The van der Waals surface area contributed by atoms with Gasteiger partial charge in [-0.05, 0) is 48.9 Å². The highest BCUT2D eigenvalue weighted by atomic mass is 35.5. The van der Waals surface area contributed by atoms with Crippen molar-refractivity contribution < 1.29 is 9.72 Å². The van der Waals surface area contributed by atoms with Crippen LogP contribution in [0.2, 0.25) is 10.0 Å². The summed E-state index contributed by atoms with van der Waals surface area (Å²) in [5.74, 6) is 0.0914. The van der Waals surface area contributed by atoms with Gasteiger partial charge in [0.05, 0.1) is 10.5 Å². The van der Waals surface area contributed by atoms with Crippen molar-refractivity contribution in [2.75, 3.05) is 18.0 Å². The normalized spacial score (nSPS) is 15.0. The third-order valence-electron chi connectivity index (χ3n) is 4.76. The maximum Gasteiger partial charge on any atom is 0.288 e. The molecule has 1 aromatic heterocycles. The molecule has 1 amide bonds. The van der Waals surface area contributed by atoms with E-state index in [2.05, 4.69) is 4.98 Å². The first kappa shape index (κ1) is 19.4. The van der Waals surface area contributed by atoms with E-state index in [0.717, 1.165) is 31.0 Å². The second kappa shape index (κ2) is 8.10. The average molecular weight is 409 g/mol. The average Bonchev–Trinajstić information content (AvgIpc) is 2.65. The lowest BCUT2D eigenvalue weighted by Crippen LogP contribution is -2.36. The van der Waals surface area contributed by atoms with Gasteiger partial charge in [0.25, 0.3) is 11.6 Å². The molecule has 1 saturated heterocycles. The topological polar surface area (TPSA) is 102 Å². The molecule has 7 nitrogen and oxygen atoms in total. The van der Waals surface area contributed by atoms with Gasteiger partial charge in [0.1, 0.15) is 12.0 Å².